The highest BCUT2D eigenvalue weighted by Gasteiger charge is 2.43. The van der Waals surface area contributed by atoms with E-state index in [1.54, 1.807) is 0 Å². The van der Waals surface area contributed by atoms with Crippen molar-refractivity contribution in [1.82, 2.24) is 0 Å². The Labute approximate surface area is 59.0 Å². The molecule has 0 spiro atoms. The zero-order valence-electron chi connectivity index (χ0n) is 6.08. The van der Waals surface area contributed by atoms with Gasteiger partial charge >= 0.3 is 1.43 Å². The second kappa shape index (κ2) is 2.73. The van der Waals surface area contributed by atoms with Crippen LogP contribution in [0.5, 0.6) is 0 Å². The van der Waals surface area contributed by atoms with Gasteiger partial charge in [0.05, 0.1) is 0 Å². The lowest BCUT2D eigenvalue weighted by molar-refractivity contribution is -0.229. The molecule has 5 nitrogen and oxygen atoms in total. The van der Waals surface area contributed by atoms with Gasteiger partial charge in [-0.2, -0.15) is 4.74 Å². The van der Waals surface area contributed by atoms with Gasteiger partial charge in [-0.15, -0.1) is 0 Å². The van der Waals surface area contributed by atoms with Gasteiger partial charge in [0.25, 0.3) is 12.7 Å². The third-order valence-corrected chi connectivity index (χ3v) is 1.35. The zero-order valence-corrected chi connectivity index (χ0v) is 5.08. The molecule has 0 aromatic rings. The van der Waals surface area contributed by atoms with E-state index in [-0.39, 0.29) is 1.43 Å². The molecular weight excluding hydrogens is 140 g/mol. The van der Waals surface area contributed by atoms with Gasteiger partial charge in [-0.1, -0.05) is 0 Å². The van der Waals surface area contributed by atoms with Gasteiger partial charge in [0.15, 0.2) is 6.10 Å². The van der Waals surface area contributed by atoms with E-state index in [9.17, 15) is 0 Å². The molecule has 0 unspecified atom stereocenters. The van der Waals surface area contributed by atoms with Crippen molar-refractivity contribution in [2.24, 2.45) is 0 Å². The standard InChI is InChI=1S/C5H9O5/c6-2-1-10-5(9)4(8)3(2)7/h1-9H/q+1/p+1/t2-,3+,4-,5-/m1/s1. The Balaban J connectivity index is 0.000001000. The topological polar surface area (TPSA) is 90.2 Å². The number of hydrogen-bond acceptors (Lipinski definition) is 5. The summed E-state index contributed by atoms with van der Waals surface area (Å²) in [4.78, 5) is 0. The summed E-state index contributed by atoms with van der Waals surface area (Å²) >= 11 is 0. The van der Waals surface area contributed by atoms with Gasteiger partial charge in [0, 0.05) is 0 Å². The minimum Gasteiger partial charge on any atom is -0.385 e. The number of rotatable bonds is 0. The van der Waals surface area contributed by atoms with Crippen LogP contribution in [-0.4, -0.2) is 45.0 Å². The first-order chi connectivity index (χ1) is 4.63. The molecular formula is C5H10O5+2. The van der Waals surface area contributed by atoms with Crippen molar-refractivity contribution >= 4 is 0 Å². The van der Waals surface area contributed by atoms with Crippen molar-refractivity contribution in [2.45, 2.75) is 24.6 Å². The summed E-state index contributed by atoms with van der Waals surface area (Å²) in [7, 11) is 0. The van der Waals surface area contributed by atoms with Crippen LogP contribution < -0.4 is 0 Å². The van der Waals surface area contributed by atoms with Gasteiger partial charge < -0.3 is 20.4 Å². The zero-order chi connectivity index (χ0) is 7.72. The van der Waals surface area contributed by atoms with Gasteiger partial charge in [-0.25, -0.2) is 0 Å². The first kappa shape index (κ1) is 7.77. The fourth-order valence-corrected chi connectivity index (χ4v) is 0.693. The molecule has 0 bridgehead atoms. The summed E-state index contributed by atoms with van der Waals surface area (Å²) in [6, 6.07) is 0. The maximum atomic E-state index is 8.85. The number of aliphatic hydroxyl groups is 4. The first-order valence-corrected chi connectivity index (χ1v) is 2.84. The molecule has 1 fully saturated rings. The molecule has 4 atom stereocenters. The van der Waals surface area contributed by atoms with Crippen LogP contribution >= 0.6 is 0 Å². The summed E-state index contributed by atoms with van der Waals surface area (Å²) in [5.74, 6) is 0. The first-order valence-electron chi connectivity index (χ1n) is 2.84. The summed E-state index contributed by atoms with van der Waals surface area (Å²) < 4.78 is 4.34. The molecule has 58 valence electrons. The van der Waals surface area contributed by atoms with E-state index in [0.717, 1.165) is 6.61 Å². The van der Waals surface area contributed by atoms with E-state index in [1.807, 2.05) is 0 Å². The van der Waals surface area contributed by atoms with Gasteiger partial charge in [-0.3, -0.25) is 0 Å². The average molecular weight is 150 g/mol. The Bertz CT molecular complexity index is 107. The number of aliphatic hydroxyl groups excluding tert-OH is 4. The fraction of sp³-hybridized carbons (Fsp3) is 0.800. The predicted molar refractivity (Wildman–Crippen MR) is 30.5 cm³/mol. The molecule has 1 saturated heterocycles. The smallest absolute Gasteiger partial charge is 0.385 e. The van der Waals surface area contributed by atoms with E-state index < -0.39 is 24.6 Å². The van der Waals surface area contributed by atoms with E-state index >= 15 is 0 Å². The summed E-state index contributed by atoms with van der Waals surface area (Å²) in [5, 5.41) is 35.1. The molecule has 0 aliphatic carbocycles. The highest BCUT2D eigenvalue weighted by molar-refractivity contribution is 4.87. The molecule has 4 N–H and O–H groups in total. The second-order valence-corrected chi connectivity index (χ2v) is 2.13. The Hall–Kier alpha value is -0.330. The number of hydrogen-bond donors (Lipinski definition) is 4. The van der Waals surface area contributed by atoms with Crippen molar-refractivity contribution in [2.75, 3.05) is 0 Å². The van der Waals surface area contributed by atoms with Crippen LogP contribution in [0.15, 0.2) is 0 Å². The van der Waals surface area contributed by atoms with Crippen LogP contribution in [0.2, 0.25) is 0 Å². The normalized spacial score (nSPS) is 48.4. The summed E-state index contributed by atoms with van der Waals surface area (Å²) in [5.41, 5.74) is 0. The number of ether oxygens (including phenoxy) is 1. The average Bonchev–Trinajstić information content (AvgIpc) is 1.93. The Kier molecular flexibility index (Phi) is 2.12. The molecule has 1 heterocycles. The molecule has 1 rings (SSSR count). The summed E-state index contributed by atoms with van der Waals surface area (Å²) in [6.07, 6.45) is -5.50. The summed E-state index contributed by atoms with van der Waals surface area (Å²) in [6.45, 7) is 0.877. The lowest BCUT2D eigenvalue weighted by Crippen LogP contribution is -2.50. The lowest BCUT2D eigenvalue weighted by Gasteiger charge is -2.24. The van der Waals surface area contributed by atoms with Crippen molar-refractivity contribution in [3.8, 4) is 0 Å². The minimum atomic E-state index is -1.45. The van der Waals surface area contributed by atoms with Crippen LogP contribution in [0.25, 0.3) is 0 Å². The maximum absolute atomic E-state index is 8.85. The highest BCUT2D eigenvalue weighted by Crippen LogP contribution is 2.15. The quantitative estimate of drug-likeness (QED) is 0.291. The molecule has 0 radical (unpaired) electrons. The van der Waals surface area contributed by atoms with Crippen molar-refractivity contribution < 1.29 is 26.6 Å². The van der Waals surface area contributed by atoms with E-state index in [1.165, 1.54) is 0 Å². The van der Waals surface area contributed by atoms with Gasteiger partial charge in [-0.05, 0) is 0 Å². The van der Waals surface area contributed by atoms with Crippen LogP contribution in [0.4, 0.5) is 0 Å². The molecule has 0 saturated carbocycles. The molecule has 1 aliphatic rings. The van der Waals surface area contributed by atoms with Crippen molar-refractivity contribution in [3.63, 3.8) is 0 Å². The second-order valence-electron chi connectivity index (χ2n) is 2.13. The Morgan fingerprint density at radius 1 is 1.10 bits per heavy atom. The molecule has 0 aromatic carbocycles. The maximum Gasteiger partial charge on any atom is 1.00 e. The molecule has 10 heavy (non-hydrogen) atoms. The minimum absolute atomic E-state index is 0. The Morgan fingerprint density at radius 3 is 2.20 bits per heavy atom. The highest BCUT2D eigenvalue weighted by atomic mass is 16.6. The molecule has 0 amide bonds. The van der Waals surface area contributed by atoms with Gasteiger partial charge in [0.2, 0.25) is 6.29 Å². The van der Waals surface area contributed by atoms with Crippen LogP contribution in [0.1, 0.15) is 1.43 Å². The molecule has 5 heteroatoms. The molecule has 1 aliphatic heterocycles. The van der Waals surface area contributed by atoms with Gasteiger partial charge in [0.1, 0.15) is 6.10 Å². The van der Waals surface area contributed by atoms with Crippen molar-refractivity contribution in [1.29, 1.82) is 0 Å². The monoisotopic (exact) mass is 150 g/mol. The van der Waals surface area contributed by atoms with Crippen LogP contribution in [0, 0.1) is 6.61 Å². The molecule has 0 aromatic heterocycles. The van der Waals surface area contributed by atoms with E-state index in [4.69, 9.17) is 20.4 Å². The van der Waals surface area contributed by atoms with Crippen LogP contribution in [-0.2, 0) is 4.74 Å². The van der Waals surface area contributed by atoms with Crippen molar-refractivity contribution in [3.05, 3.63) is 6.61 Å². The SMILES string of the molecule is O[C@@H]1[C@@H](O)[C@H](O)O[CH+][C@H]1O.[H+]. The predicted octanol–water partition coefficient (Wildman–Crippen LogP) is -2.31. The third kappa shape index (κ3) is 1.23. The fourth-order valence-electron chi connectivity index (χ4n) is 0.693. The largest absolute Gasteiger partial charge is 1.00 e. The van der Waals surface area contributed by atoms with E-state index in [2.05, 4.69) is 4.74 Å². The Morgan fingerprint density at radius 2 is 1.70 bits per heavy atom. The van der Waals surface area contributed by atoms with E-state index in [0.29, 0.717) is 0 Å². The van der Waals surface area contributed by atoms with Crippen LogP contribution in [0.3, 0.4) is 0 Å². The lowest BCUT2D eigenvalue weighted by atomic mass is 10.1. The third-order valence-electron chi connectivity index (χ3n) is 1.35.